The van der Waals surface area contributed by atoms with Crippen molar-refractivity contribution in [3.8, 4) is 11.4 Å². The summed E-state index contributed by atoms with van der Waals surface area (Å²) in [6.45, 7) is 1.96. The second-order valence-electron chi connectivity index (χ2n) is 4.09. The van der Waals surface area contributed by atoms with E-state index in [0.717, 1.165) is 23.3 Å². The molecule has 0 saturated heterocycles. The van der Waals surface area contributed by atoms with Crippen LogP contribution in [0, 0.1) is 0 Å². The Hall–Kier alpha value is -1.73. The zero-order valence-electron chi connectivity index (χ0n) is 11.5. The van der Waals surface area contributed by atoms with Crippen LogP contribution in [0.4, 0.5) is 0 Å². The Labute approximate surface area is 131 Å². The van der Waals surface area contributed by atoms with Crippen LogP contribution in [0.1, 0.15) is 12.7 Å². The van der Waals surface area contributed by atoms with E-state index in [9.17, 15) is 4.79 Å². The monoisotopic (exact) mass is 327 g/mol. The summed E-state index contributed by atoms with van der Waals surface area (Å²) in [4.78, 5) is 10.7. The number of benzene rings is 1. The van der Waals surface area contributed by atoms with Crippen LogP contribution in [-0.4, -0.2) is 38.7 Å². The molecule has 2 rings (SSSR count). The van der Waals surface area contributed by atoms with Gasteiger partial charge in [0, 0.05) is 6.42 Å². The number of ether oxygens (including phenoxy) is 1. The van der Waals surface area contributed by atoms with Gasteiger partial charge in [-0.3, -0.25) is 9.36 Å². The molecular weight excluding hydrogens is 314 g/mol. The molecule has 21 heavy (non-hydrogen) atoms. The first-order chi connectivity index (χ1) is 10.1. The van der Waals surface area contributed by atoms with Crippen molar-refractivity contribution >= 4 is 29.3 Å². The van der Waals surface area contributed by atoms with E-state index in [1.807, 2.05) is 13.0 Å². The number of hydrogen-bond donors (Lipinski definition) is 1. The van der Waals surface area contributed by atoms with Crippen molar-refractivity contribution in [2.45, 2.75) is 18.5 Å². The lowest BCUT2D eigenvalue weighted by Gasteiger charge is -2.11. The van der Waals surface area contributed by atoms with Crippen LogP contribution in [0.3, 0.4) is 0 Å². The molecule has 0 amide bonds. The average molecular weight is 328 g/mol. The lowest BCUT2D eigenvalue weighted by Crippen LogP contribution is -2.04. The molecule has 0 bridgehead atoms. The van der Waals surface area contributed by atoms with Crippen molar-refractivity contribution in [1.82, 2.24) is 14.8 Å². The van der Waals surface area contributed by atoms with E-state index in [0.29, 0.717) is 22.3 Å². The minimum Gasteiger partial charge on any atom is -0.495 e. The molecule has 0 aliphatic rings. The van der Waals surface area contributed by atoms with Gasteiger partial charge in [-0.05, 0) is 18.2 Å². The number of halogens is 1. The van der Waals surface area contributed by atoms with E-state index in [-0.39, 0.29) is 5.75 Å². The summed E-state index contributed by atoms with van der Waals surface area (Å²) in [6.07, 6.45) is 0.671. The van der Waals surface area contributed by atoms with Gasteiger partial charge in [-0.15, -0.1) is 10.2 Å². The third kappa shape index (κ3) is 3.48. The fourth-order valence-corrected chi connectivity index (χ4v) is 2.75. The molecule has 1 heterocycles. The fraction of sp³-hybridized carbons (Fsp3) is 0.308. The van der Waals surface area contributed by atoms with Crippen LogP contribution in [0.25, 0.3) is 5.69 Å². The third-order valence-corrected chi connectivity index (χ3v) is 3.94. The van der Waals surface area contributed by atoms with Gasteiger partial charge in [0.15, 0.2) is 5.16 Å². The standard InChI is InChI=1S/C13H14ClN3O3S/c1-3-11-15-16-13(21-7-12(18)19)17(11)8-4-5-10(20-2)9(14)6-8/h4-6H,3,7H2,1-2H3,(H,18,19). The van der Waals surface area contributed by atoms with Gasteiger partial charge in [-0.2, -0.15) is 0 Å². The zero-order valence-corrected chi connectivity index (χ0v) is 13.1. The molecule has 0 spiro atoms. The topological polar surface area (TPSA) is 77.2 Å². The van der Waals surface area contributed by atoms with Crippen LogP contribution in [-0.2, 0) is 11.2 Å². The molecule has 0 aliphatic heterocycles. The minimum atomic E-state index is -0.902. The molecule has 1 aromatic heterocycles. The number of rotatable bonds is 6. The number of thioether (sulfide) groups is 1. The van der Waals surface area contributed by atoms with Crippen molar-refractivity contribution in [3.63, 3.8) is 0 Å². The molecular formula is C13H14ClN3O3S. The number of carbonyl (C=O) groups is 1. The van der Waals surface area contributed by atoms with Gasteiger partial charge in [-0.25, -0.2) is 0 Å². The minimum absolute atomic E-state index is 0.0776. The van der Waals surface area contributed by atoms with Crippen LogP contribution in [0.15, 0.2) is 23.4 Å². The Morgan fingerprint density at radius 1 is 1.48 bits per heavy atom. The van der Waals surface area contributed by atoms with Crippen molar-refractivity contribution in [2.75, 3.05) is 12.9 Å². The number of hydrogen-bond acceptors (Lipinski definition) is 5. The normalized spacial score (nSPS) is 10.6. The van der Waals surface area contributed by atoms with E-state index in [4.69, 9.17) is 21.4 Å². The van der Waals surface area contributed by atoms with E-state index in [1.54, 1.807) is 23.8 Å². The first kappa shape index (κ1) is 15.7. The highest BCUT2D eigenvalue weighted by molar-refractivity contribution is 7.99. The molecule has 6 nitrogen and oxygen atoms in total. The SMILES string of the molecule is CCc1nnc(SCC(=O)O)n1-c1ccc(OC)c(Cl)c1. The van der Waals surface area contributed by atoms with Crippen molar-refractivity contribution in [3.05, 3.63) is 29.0 Å². The number of aliphatic carboxylic acids is 1. The second-order valence-corrected chi connectivity index (χ2v) is 5.44. The molecule has 112 valence electrons. The highest BCUT2D eigenvalue weighted by Gasteiger charge is 2.15. The summed E-state index contributed by atoms with van der Waals surface area (Å²) < 4.78 is 6.93. The number of aromatic nitrogens is 3. The Morgan fingerprint density at radius 2 is 2.24 bits per heavy atom. The average Bonchev–Trinajstić information content (AvgIpc) is 2.87. The van der Waals surface area contributed by atoms with Gasteiger partial charge in [0.05, 0.1) is 23.6 Å². The molecule has 2 aromatic rings. The quantitative estimate of drug-likeness (QED) is 0.822. The van der Waals surface area contributed by atoms with E-state index in [1.165, 1.54) is 0 Å². The lowest BCUT2D eigenvalue weighted by molar-refractivity contribution is -0.133. The second kappa shape index (κ2) is 6.82. The number of methoxy groups -OCH3 is 1. The van der Waals surface area contributed by atoms with Gasteiger partial charge in [-0.1, -0.05) is 30.3 Å². The zero-order chi connectivity index (χ0) is 15.4. The third-order valence-electron chi connectivity index (χ3n) is 2.73. The summed E-state index contributed by atoms with van der Waals surface area (Å²) in [5.74, 6) is 0.335. The molecule has 1 N–H and O–H groups in total. The van der Waals surface area contributed by atoms with E-state index in [2.05, 4.69) is 10.2 Å². The maximum Gasteiger partial charge on any atom is 0.313 e. The Bertz CT molecular complexity index is 660. The summed E-state index contributed by atoms with van der Waals surface area (Å²) in [6, 6.07) is 5.33. The summed E-state index contributed by atoms with van der Waals surface area (Å²) in [5.41, 5.74) is 0.774. The molecule has 0 aliphatic carbocycles. The van der Waals surface area contributed by atoms with Crippen molar-refractivity contribution in [1.29, 1.82) is 0 Å². The molecule has 8 heteroatoms. The lowest BCUT2D eigenvalue weighted by atomic mass is 10.3. The van der Waals surface area contributed by atoms with E-state index >= 15 is 0 Å². The highest BCUT2D eigenvalue weighted by atomic mass is 35.5. The maximum absolute atomic E-state index is 10.7. The van der Waals surface area contributed by atoms with Gasteiger partial charge in [0.2, 0.25) is 0 Å². The van der Waals surface area contributed by atoms with Crippen LogP contribution in [0.5, 0.6) is 5.75 Å². The van der Waals surface area contributed by atoms with Crippen LogP contribution < -0.4 is 4.74 Å². The fourth-order valence-electron chi connectivity index (χ4n) is 1.80. The Balaban J connectivity index is 2.43. The largest absolute Gasteiger partial charge is 0.495 e. The van der Waals surface area contributed by atoms with Crippen LogP contribution >= 0.6 is 23.4 Å². The number of carboxylic acids is 1. The van der Waals surface area contributed by atoms with Gasteiger partial charge < -0.3 is 9.84 Å². The summed E-state index contributed by atoms with van der Waals surface area (Å²) >= 11 is 7.26. The molecule has 0 fully saturated rings. The smallest absolute Gasteiger partial charge is 0.313 e. The van der Waals surface area contributed by atoms with Crippen molar-refractivity contribution < 1.29 is 14.6 Å². The predicted octanol–water partition coefficient (Wildman–Crippen LogP) is 2.67. The molecule has 0 unspecified atom stereocenters. The predicted molar refractivity (Wildman–Crippen MR) is 80.7 cm³/mol. The highest BCUT2D eigenvalue weighted by Crippen LogP contribution is 2.29. The number of nitrogens with zero attached hydrogens (tertiary/aromatic N) is 3. The summed E-state index contributed by atoms with van der Waals surface area (Å²) in [5, 5.41) is 17.9. The molecule has 0 radical (unpaired) electrons. The van der Waals surface area contributed by atoms with Crippen LogP contribution in [0.2, 0.25) is 5.02 Å². The van der Waals surface area contributed by atoms with E-state index < -0.39 is 5.97 Å². The number of aryl methyl sites for hydroxylation is 1. The van der Waals surface area contributed by atoms with Gasteiger partial charge in [0.25, 0.3) is 0 Å². The molecule has 0 saturated carbocycles. The molecule has 1 aromatic carbocycles. The number of carboxylic acid groups (broad SMARTS) is 1. The van der Waals surface area contributed by atoms with Gasteiger partial charge >= 0.3 is 5.97 Å². The Morgan fingerprint density at radius 3 is 2.81 bits per heavy atom. The van der Waals surface area contributed by atoms with Crippen molar-refractivity contribution in [2.24, 2.45) is 0 Å². The first-order valence-corrected chi connectivity index (χ1v) is 7.56. The van der Waals surface area contributed by atoms with Gasteiger partial charge in [0.1, 0.15) is 11.6 Å². The Kier molecular flexibility index (Phi) is 5.08. The molecule has 0 atom stereocenters. The maximum atomic E-state index is 10.7. The first-order valence-electron chi connectivity index (χ1n) is 6.19. The summed E-state index contributed by atoms with van der Waals surface area (Å²) in [7, 11) is 1.55.